The molecule has 3 heterocycles. The van der Waals surface area contributed by atoms with Gasteiger partial charge in [-0.3, -0.25) is 4.79 Å². The van der Waals surface area contributed by atoms with Crippen molar-refractivity contribution in [3.63, 3.8) is 0 Å². The summed E-state index contributed by atoms with van der Waals surface area (Å²) in [6.45, 7) is 3.99. The standard InChI is InChI=1S/C19H26ClN3O2/c1-19(2)9-14-16(21)15(20)8-13(17(14)25-19)18(24)22-10-6-11-4-5-12(7-10)23(11)3/h8,10-12H,4-7,9,21H2,1-3H3,(H,22,24). The molecule has 3 aliphatic heterocycles. The zero-order valence-electron chi connectivity index (χ0n) is 15.1. The lowest BCUT2D eigenvalue weighted by Crippen LogP contribution is -2.48. The van der Waals surface area contributed by atoms with E-state index in [0.29, 0.717) is 40.5 Å². The third-order valence-electron chi connectivity index (χ3n) is 6.03. The Hall–Kier alpha value is -1.46. The lowest BCUT2D eigenvalue weighted by molar-refractivity contribution is 0.0870. The molecule has 1 amide bonds. The molecule has 1 aromatic rings. The molecule has 2 bridgehead atoms. The number of nitrogens with two attached hydrogens (primary N) is 1. The van der Waals surface area contributed by atoms with Crippen molar-refractivity contribution in [3.05, 3.63) is 22.2 Å². The van der Waals surface area contributed by atoms with Gasteiger partial charge in [0.1, 0.15) is 11.4 Å². The number of halogens is 1. The monoisotopic (exact) mass is 363 g/mol. The third-order valence-corrected chi connectivity index (χ3v) is 6.34. The first kappa shape index (κ1) is 17.0. The molecular formula is C19H26ClN3O2. The summed E-state index contributed by atoms with van der Waals surface area (Å²) in [5.74, 6) is 0.491. The highest BCUT2D eigenvalue weighted by atomic mass is 35.5. The average molecular weight is 364 g/mol. The summed E-state index contributed by atoms with van der Waals surface area (Å²) in [5, 5.41) is 3.64. The molecule has 3 aliphatic rings. The fourth-order valence-electron chi connectivity index (χ4n) is 4.69. The van der Waals surface area contributed by atoms with E-state index in [4.69, 9.17) is 22.1 Å². The van der Waals surface area contributed by atoms with Crippen molar-refractivity contribution in [2.24, 2.45) is 0 Å². The van der Waals surface area contributed by atoms with E-state index in [9.17, 15) is 4.79 Å². The number of nitrogens with one attached hydrogen (secondary N) is 1. The molecule has 6 heteroatoms. The number of benzene rings is 1. The lowest BCUT2D eigenvalue weighted by atomic mass is 9.96. The molecular weight excluding hydrogens is 338 g/mol. The van der Waals surface area contributed by atoms with Crippen LogP contribution < -0.4 is 15.8 Å². The van der Waals surface area contributed by atoms with Gasteiger partial charge in [-0.2, -0.15) is 0 Å². The molecule has 136 valence electrons. The van der Waals surface area contributed by atoms with Gasteiger partial charge in [-0.05, 0) is 52.6 Å². The number of hydrogen-bond acceptors (Lipinski definition) is 4. The number of nitrogen functional groups attached to an aromatic ring is 1. The number of piperidine rings is 1. The number of anilines is 1. The maximum absolute atomic E-state index is 13.0. The van der Waals surface area contributed by atoms with Gasteiger partial charge in [-0.25, -0.2) is 0 Å². The van der Waals surface area contributed by atoms with E-state index in [2.05, 4.69) is 17.3 Å². The molecule has 0 aromatic heterocycles. The van der Waals surface area contributed by atoms with Crippen LogP contribution in [0.4, 0.5) is 5.69 Å². The van der Waals surface area contributed by atoms with Gasteiger partial charge >= 0.3 is 0 Å². The van der Waals surface area contributed by atoms with Crippen LogP contribution in [-0.2, 0) is 6.42 Å². The molecule has 25 heavy (non-hydrogen) atoms. The van der Waals surface area contributed by atoms with Crippen molar-refractivity contribution in [2.75, 3.05) is 12.8 Å². The number of ether oxygens (including phenoxy) is 1. The van der Waals surface area contributed by atoms with E-state index < -0.39 is 0 Å². The minimum absolute atomic E-state index is 0.107. The molecule has 0 spiro atoms. The Morgan fingerprint density at radius 3 is 2.64 bits per heavy atom. The third kappa shape index (κ3) is 2.87. The zero-order chi connectivity index (χ0) is 17.9. The summed E-state index contributed by atoms with van der Waals surface area (Å²) in [4.78, 5) is 15.4. The van der Waals surface area contributed by atoms with Gasteiger partial charge in [-0.1, -0.05) is 11.6 Å². The van der Waals surface area contributed by atoms with E-state index in [1.54, 1.807) is 6.07 Å². The molecule has 2 saturated heterocycles. The first-order valence-corrected chi connectivity index (χ1v) is 9.45. The Morgan fingerprint density at radius 1 is 1.36 bits per heavy atom. The maximum atomic E-state index is 13.0. The van der Waals surface area contributed by atoms with Gasteiger partial charge in [0.25, 0.3) is 5.91 Å². The summed E-state index contributed by atoms with van der Waals surface area (Å²) >= 11 is 6.29. The van der Waals surface area contributed by atoms with Crippen molar-refractivity contribution >= 4 is 23.2 Å². The Balaban J connectivity index is 1.58. The summed E-state index contributed by atoms with van der Waals surface area (Å²) < 4.78 is 6.04. The normalized spacial score (nSPS) is 30.0. The first-order chi connectivity index (χ1) is 11.7. The first-order valence-electron chi connectivity index (χ1n) is 9.08. The summed E-state index contributed by atoms with van der Waals surface area (Å²) in [6.07, 6.45) is 5.14. The van der Waals surface area contributed by atoms with Crippen LogP contribution in [0.15, 0.2) is 6.07 Å². The van der Waals surface area contributed by atoms with Gasteiger partial charge in [-0.15, -0.1) is 0 Å². The smallest absolute Gasteiger partial charge is 0.255 e. The van der Waals surface area contributed by atoms with Gasteiger partial charge in [0.05, 0.1) is 16.3 Å². The lowest BCUT2D eigenvalue weighted by Gasteiger charge is -2.36. The van der Waals surface area contributed by atoms with Crippen LogP contribution in [0.3, 0.4) is 0 Å². The SMILES string of the molecule is CN1C2CCC1CC(NC(=O)c1cc(Cl)c(N)c3c1OC(C)(C)C3)C2. The van der Waals surface area contributed by atoms with Crippen LogP contribution in [-0.4, -0.2) is 41.6 Å². The van der Waals surface area contributed by atoms with Gasteiger partial charge in [0.15, 0.2) is 0 Å². The Morgan fingerprint density at radius 2 is 2.00 bits per heavy atom. The fourth-order valence-corrected chi connectivity index (χ4v) is 4.91. The number of rotatable bonds is 2. The topological polar surface area (TPSA) is 67.6 Å². The highest BCUT2D eigenvalue weighted by Crippen LogP contribution is 2.44. The Kier molecular flexibility index (Phi) is 3.92. The molecule has 2 atom stereocenters. The predicted molar refractivity (Wildman–Crippen MR) is 99.3 cm³/mol. The highest BCUT2D eigenvalue weighted by Gasteiger charge is 2.40. The summed E-state index contributed by atoms with van der Waals surface area (Å²) in [7, 11) is 2.20. The molecule has 2 fully saturated rings. The summed E-state index contributed by atoms with van der Waals surface area (Å²) in [6, 6.07) is 3.03. The Labute approximate surface area is 153 Å². The minimum atomic E-state index is -0.372. The van der Waals surface area contributed by atoms with Crippen molar-refractivity contribution in [1.29, 1.82) is 0 Å². The molecule has 0 saturated carbocycles. The second kappa shape index (κ2) is 5.78. The average Bonchev–Trinajstić information content (AvgIpc) is 2.94. The molecule has 0 radical (unpaired) electrons. The molecule has 5 nitrogen and oxygen atoms in total. The molecule has 4 rings (SSSR count). The van der Waals surface area contributed by atoms with Crippen LogP contribution >= 0.6 is 11.6 Å². The second-order valence-corrected chi connectivity index (χ2v) is 8.77. The van der Waals surface area contributed by atoms with Crippen LogP contribution in [0.25, 0.3) is 0 Å². The van der Waals surface area contributed by atoms with Gasteiger partial charge in [0.2, 0.25) is 0 Å². The van der Waals surface area contributed by atoms with E-state index in [1.165, 1.54) is 12.8 Å². The number of nitrogens with zero attached hydrogens (tertiary/aromatic N) is 1. The maximum Gasteiger partial charge on any atom is 0.255 e. The number of carbonyl (C=O) groups excluding carboxylic acids is 1. The van der Waals surface area contributed by atoms with Crippen LogP contribution in [0.1, 0.15) is 55.5 Å². The van der Waals surface area contributed by atoms with Crippen molar-refractivity contribution < 1.29 is 9.53 Å². The predicted octanol–water partition coefficient (Wildman–Crippen LogP) is 2.99. The van der Waals surface area contributed by atoms with E-state index in [-0.39, 0.29) is 17.6 Å². The fraction of sp³-hybridized carbons (Fsp3) is 0.632. The molecule has 0 aliphatic carbocycles. The van der Waals surface area contributed by atoms with Crippen molar-refractivity contribution in [1.82, 2.24) is 10.2 Å². The Bertz CT molecular complexity index is 720. The number of carbonyl (C=O) groups is 1. The zero-order valence-corrected chi connectivity index (χ0v) is 15.8. The van der Waals surface area contributed by atoms with Crippen LogP contribution in [0.5, 0.6) is 5.75 Å². The van der Waals surface area contributed by atoms with Gasteiger partial charge < -0.3 is 20.7 Å². The van der Waals surface area contributed by atoms with Crippen molar-refractivity contribution in [3.8, 4) is 5.75 Å². The van der Waals surface area contributed by atoms with Crippen LogP contribution in [0, 0.1) is 0 Å². The molecule has 3 N–H and O–H groups in total. The van der Waals surface area contributed by atoms with Crippen LogP contribution in [0.2, 0.25) is 5.02 Å². The minimum Gasteiger partial charge on any atom is -0.486 e. The molecule has 1 aromatic carbocycles. The number of amides is 1. The van der Waals surface area contributed by atoms with E-state index >= 15 is 0 Å². The van der Waals surface area contributed by atoms with E-state index in [1.807, 2.05) is 13.8 Å². The summed E-state index contributed by atoms with van der Waals surface area (Å²) in [5.41, 5.74) is 7.63. The molecule has 2 unspecified atom stereocenters. The van der Waals surface area contributed by atoms with Crippen molar-refractivity contribution in [2.45, 2.75) is 69.7 Å². The van der Waals surface area contributed by atoms with E-state index in [0.717, 1.165) is 18.4 Å². The number of fused-ring (bicyclic) bond motifs is 3. The quantitative estimate of drug-likeness (QED) is 0.793. The number of hydrogen-bond donors (Lipinski definition) is 2. The largest absolute Gasteiger partial charge is 0.486 e. The highest BCUT2D eigenvalue weighted by molar-refractivity contribution is 6.33. The van der Waals surface area contributed by atoms with Gasteiger partial charge in [0, 0.05) is 30.1 Å². The second-order valence-electron chi connectivity index (χ2n) is 8.36.